The van der Waals surface area contributed by atoms with Gasteiger partial charge in [-0.05, 0) is 35.4 Å². The molecule has 0 saturated heterocycles. The van der Waals surface area contributed by atoms with Crippen LogP contribution < -0.4 is 15.7 Å². The van der Waals surface area contributed by atoms with Crippen molar-refractivity contribution in [1.82, 2.24) is 14.6 Å². The van der Waals surface area contributed by atoms with Crippen LogP contribution >= 0.6 is 22.9 Å². The third-order valence-electron chi connectivity index (χ3n) is 3.93. The predicted octanol–water partition coefficient (Wildman–Crippen LogP) is 2.44. The van der Waals surface area contributed by atoms with E-state index in [1.54, 1.807) is 36.4 Å². The minimum Gasteiger partial charge on any atom is -0.266 e. The van der Waals surface area contributed by atoms with Gasteiger partial charge < -0.3 is 0 Å². The van der Waals surface area contributed by atoms with E-state index >= 15 is 0 Å². The summed E-state index contributed by atoms with van der Waals surface area (Å²) in [5, 5.41) is 4.69. The van der Waals surface area contributed by atoms with Crippen LogP contribution in [0.5, 0.6) is 0 Å². The van der Waals surface area contributed by atoms with Gasteiger partial charge in [0.05, 0.1) is 4.53 Å². The van der Waals surface area contributed by atoms with Crippen LogP contribution in [0.25, 0.3) is 11.0 Å². The molecule has 8 heteroatoms. The molecule has 27 heavy (non-hydrogen) atoms. The molecule has 2 heterocycles. The smallest absolute Gasteiger partial charge is 0.266 e. The number of nitrogens with zero attached hydrogens (tertiary/aromatic N) is 3. The van der Waals surface area contributed by atoms with E-state index in [0.717, 1.165) is 15.9 Å². The number of hydrogen-bond donors (Lipinski definition) is 0. The Kier molecular flexibility index (Phi) is 4.55. The fraction of sp³-hybridized carbons (Fsp3) is 0.0526. The summed E-state index contributed by atoms with van der Waals surface area (Å²) in [6.45, 7) is 0. The summed E-state index contributed by atoms with van der Waals surface area (Å²) in [5.41, 5.74) is 0.636. The van der Waals surface area contributed by atoms with Crippen molar-refractivity contribution in [3.8, 4) is 0 Å². The van der Waals surface area contributed by atoms with Crippen LogP contribution in [0.4, 0.5) is 4.39 Å². The highest BCUT2D eigenvalue weighted by molar-refractivity contribution is 7.15. The summed E-state index contributed by atoms with van der Waals surface area (Å²) in [5.74, 6) is -0.364. The lowest BCUT2D eigenvalue weighted by Gasteiger charge is -2.00. The highest BCUT2D eigenvalue weighted by Gasteiger charge is 2.12. The summed E-state index contributed by atoms with van der Waals surface area (Å²) in [7, 11) is 0. The minimum absolute atomic E-state index is 0.123. The monoisotopic (exact) mass is 399 g/mol. The zero-order chi connectivity index (χ0) is 19.0. The Morgan fingerprint density at radius 2 is 1.85 bits per heavy atom. The number of thiazole rings is 1. The van der Waals surface area contributed by atoms with E-state index in [0.29, 0.717) is 20.7 Å². The van der Waals surface area contributed by atoms with Gasteiger partial charge in [-0.25, -0.2) is 4.39 Å². The van der Waals surface area contributed by atoms with E-state index < -0.39 is 5.56 Å². The van der Waals surface area contributed by atoms with Crippen molar-refractivity contribution in [2.24, 2.45) is 0 Å². The van der Waals surface area contributed by atoms with E-state index in [4.69, 9.17) is 11.6 Å². The second-order valence-electron chi connectivity index (χ2n) is 5.80. The van der Waals surface area contributed by atoms with Crippen molar-refractivity contribution in [1.29, 1.82) is 0 Å². The van der Waals surface area contributed by atoms with Crippen LogP contribution in [0.15, 0.2) is 58.1 Å². The topological polar surface area (TPSA) is 64.3 Å². The maximum atomic E-state index is 13.0. The Morgan fingerprint density at radius 3 is 2.59 bits per heavy atom. The number of benzene rings is 2. The second kappa shape index (κ2) is 7.02. The van der Waals surface area contributed by atoms with Crippen molar-refractivity contribution in [3.63, 3.8) is 0 Å². The second-order valence-corrected chi connectivity index (χ2v) is 7.21. The Balaban J connectivity index is 1.82. The van der Waals surface area contributed by atoms with Crippen LogP contribution in [0.1, 0.15) is 16.8 Å². The molecule has 0 aliphatic heterocycles. The van der Waals surface area contributed by atoms with E-state index in [2.05, 4.69) is 10.1 Å². The SMILES string of the molecule is O=c1nc2s/c(=C/c3ccccc3Cl)c(=O)n2nc1Cc1ccc(F)cc1. The molecule has 0 aliphatic carbocycles. The third kappa shape index (κ3) is 3.51. The number of halogens is 2. The molecule has 134 valence electrons. The van der Waals surface area contributed by atoms with Gasteiger partial charge in [0.1, 0.15) is 11.5 Å². The van der Waals surface area contributed by atoms with Gasteiger partial charge in [0.2, 0.25) is 4.96 Å². The Labute approximate surface area is 161 Å². The van der Waals surface area contributed by atoms with Crippen molar-refractivity contribution < 1.29 is 4.39 Å². The highest BCUT2D eigenvalue weighted by atomic mass is 35.5. The zero-order valence-corrected chi connectivity index (χ0v) is 15.3. The maximum Gasteiger partial charge on any atom is 0.296 e. The fourth-order valence-corrected chi connectivity index (χ4v) is 3.67. The Hall–Kier alpha value is -2.90. The maximum absolute atomic E-state index is 13.0. The van der Waals surface area contributed by atoms with Crippen molar-refractivity contribution in [2.45, 2.75) is 6.42 Å². The number of fused-ring (bicyclic) bond motifs is 1. The summed E-state index contributed by atoms with van der Waals surface area (Å²) in [4.78, 5) is 29.1. The average molecular weight is 400 g/mol. The molecule has 0 radical (unpaired) electrons. The average Bonchev–Trinajstić information content (AvgIpc) is 2.94. The Morgan fingerprint density at radius 1 is 1.11 bits per heavy atom. The first-order chi connectivity index (χ1) is 13.0. The van der Waals surface area contributed by atoms with Gasteiger partial charge >= 0.3 is 0 Å². The number of hydrogen-bond acceptors (Lipinski definition) is 5. The largest absolute Gasteiger partial charge is 0.296 e. The van der Waals surface area contributed by atoms with E-state index in [1.807, 2.05) is 6.07 Å². The lowest BCUT2D eigenvalue weighted by Crippen LogP contribution is -2.28. The predicted molar refractivity (Wildman–Crippen MR) is 103 cm³/mol. The van der Waals surface area contributed by atoms with Crippen LogP contribution in [-0.4, -0.2) is 14.6 Å². The number of aromatic nitrogens is 3. The molecule has 0 amide bonds. The molecule has 4 aromatic rings. The van der Waals surface area contributed by atoms with Crippen LogP contribution in [0.2, 0.25) is 5.02 Å². The molecule has 0 spiro atoms. The van der Waals surface area contributed by atoms with Crippen LogP contribution in [0.3, 0.4) is 0 Å². The normalized spacial score (nSPS) is 12.0. The molecule has 4 rings (SSSR count). The molecule has 0 saturated carbocycles. The van der Waals surface area contributed by atoms with E-state index in [-0.39, 0.29) is 28.5 Å². The summed E-state index contributed by atoms with van der Waals surface area (Å²) >= 11 is 7.21. The molecule has 0 atom stereocenters. The highest BCUT2D eigenvalue weighted by Crippen LogP contribution is 2.15. The minimum atomic E-state index is -0.509. The van der Waals surface area contributed by atoms with Crippen molar-refractivity contribution in [2.75, 3.05) is 0 Å². The first-order valence-corrected chi connectivity index (χ1v) is 9.14. The quantitative estimate of drug-likeness (QED) is 0.531. The number of rotatable bonds is 3. The zero-order valence-electron chi connectivity index (χ0n) is 13.7. The summed E-state index contributed by atoms with van der Waals surface area (Å²) in [6.07, 6.45) is 1.81. The third-order valence-corrected chi connectivity index (χ3v) is 5.23. The van der Waals surface area contributed by atoms with Gasteiger partial charge in [-0.2, -0.15) is 14.6 Å². The van der Waals surface area contributed by atoms with Crippen molar-refractivity contribution >= 4 is 34.0 Å². The van der Waals surface area contributed by atoms with Gasteiger partial charge in [-0.3, -0.25) is 9.59 Å². The lowest BCUT2D eigenvalue weighted by molar-refractivity contribution is 0.627. The molecule has 0 N–H and O–H groups in total. The lowest BCUT2D eigenvalue weighted by atomic mass is 10.1. The molecule has 5 nitrogen and oxygen atoms in total. The molecule has 2 aromatic carbocycles. The first kappa shape index (κ1) is 17.5. The van der Waals surface area contributed by atoms with E-state index in [9.17, 15) is 14.0 Å². The molecular weight excluding hydrogens is 389 g/mol. The molecular formula is C19H11ClFN3O2S. The molecule has 0 aliphatic rings. The summed E-state index contributed by atoms with van der Waals surface area (Å²) < 4.78 is 14.5. The standard InChI is InChI=1S/C19H11ClFN3O2S/c20-14-4-2-1-3-12(14)10-16-18(26)24-19(27-16)22-17(25)15(23-24)9-11-5-7-13(21)8-6-11/h1-8,10H,9H2/b16-10+. The summed E-state index contributed by atoms with van der Waals surface area (Å²) in [6, 6.07) is 12.9. The van der Waals surface area contributed by atoms with Crippen molar-refractivity contribution in [3.05, 3.63) is 101 Å². The van der Waals surface area contributed by atoms with Crippen LogP contribution in [-0.2, 0) is 6.42 Å². The van der Waals surface area contributed by atoms with Crippen LogP contribution in [0, 0.1) is 5.82 Å². The molecule has 0 unspecified atom stereocenters. The first-order valence-electron chi connectivity index (χ1n) is 7.95. The van der Waals surface area contributed by atoms with E-state index in [1.165, 1.54) is 12.1 Å². The molecule has 0 bridgehead atoms. The van der Waals surface area contributed by atoms with Gasteiger partial charge in [0, 0.05) is 11.4 Å². The van der Waals surface area contributed by atoms with Gasteiger partial charge in [0.15, 0.2) is 0 Å². The molecule has 0 fully saturated rings. The van der Waals surface area contributed by atoms with Gasteiger partial charge in [-0.15, -0.1) is 0 Å². The van der Waals surface area contributed by atoms with Gasteiger partial charge in [-0.1, -0.05) is 53.3 Å². The Bertz CT molecular complexity index is 1320. The fourth-order valence-electron chi connectivity index (χ4n) is 2.58. The van der Waals surface area contributed by atoms with Gasteiger partial charge in [0.25, 0.3) is 11.1 Å². The molecule has 2 aromatic heterocycles.